The zero-order chi connectivity index (χ0) is 12.8. The van der Waals surface area contributed by atoms with E-state index in [0.717, 1.165) is 12.1 Å². The first-order valence-electron chi connectivity index (χ1n) is 6.19. The minimum Gasteiger partial charge on any atom is -0.445 e. The number of benzene rings is 1. The number of nitrogens with two attached hydrogens (primary N) is 1. The van der Waals surface area contributed by atoms with E-state index in [1.54, 1.807) is 4.90 Å². The highest BCUT2D eigenvalue weighted by atomic mass is 16.6. The van der Waals surface area contributed by atoms with Crippen LogP contribution in [0, 0.1) is 0 Å². The minimum atomic E-state index is -0.301. The lowest BCUT2D eigenvalue weighted by molar-refractivity contribution is -0.698. The van der Waals surface area contributed by atoms with Crippen LogP contribution in [0.15, 0.2) is 30.3 Å². The Kier molecular flexibility index (Phi) is 4.55. The van der Waals surface area contributed by atoms with Crippen molar-refractivity contribution in [3.8, 4) is 0 Å². The van der Waals surface area contributed by atoms with Gasteiger partial charge < -0.3 is 15.2 Å². The lowest BCUT2D eigenvalue weighted by Crippen LogP contribution is -2.96. The molecular weight excluding hydrogens is 232 g/mol. The van der Waals surface area contributed by atoms with Crippen LogP contribution in [0.4, 0.5) is 4.79 Å². The van der Waals surface area contributed by atoms with Crippen LogP contribution in [0.1, 0.15) is 5.56 Å². The Morgan fingerprint density at radius 2 is 2.22 bits per heavy atom. The Hall–Kier alpha value is -1.59. The number of hydrogen-bond acceptors (Lipinski definition) is 3. The molecule has 1 heterocycles. The van der Waals surface area contributed by atoms with Gasteiger partial charge in [0.15, 0.2) is 0 Å². The molecule has 1 fully saturated rings. The van der Waals surface area contributed by atoms with Crippen LogP contribution < -0.4 is 5.32 Å². The van der Waals surface area contributed by atoms with Gasteiger partial charge in [0.05, 0.1) is 26.2 Å². The van der Waals surface area contributed by atoms with Crippen molar-refractivity contribution < 1.29 is 20.0 Å². The highest BCUT2D eigenvalue weighted by molar-refractivity contribution is 5.67. The van der Waals surface area contributed by atoms with E-state index >= 15 is 0 Å². The summed E-state index contributed by atoms with van der Waals surface area (Å²) in [6, 6.07) is 9.68. The molecule has 2 rings (SSSR count). The van der Waals surface area contributed by atoms with Crippen LogP contribution in [-0.4, -0.2) is 48.4 Å². The summed E-state index contributed by atoms with van der Waals surface area (Å²) < 4.78 is 5.25. The Bertz CT molecular complexity index is 383. The van der Waals surface area contributed by atoms with Crippen molar-refractivity contribution in [3.05, 3.63) is 35.9 Å². The smallest absolute Gasteiger partial charge is 0.410 e. The van der Waals surface area contributed by atoms with Gasteiger partial charge >= 0.3 is 6.09 Å². The Balaban J connectivity index is 1.81. The first-order valence-corrected chi connectivity index (χ1v) is 6.19. The standard InChI is InChI=1S/C13H18N2O3/c16-9-12-8-15(7-6-14-12)13(17)18-10-11-4-2-1-3-5-11/h1-5,12,14,16H,6-10H2/p+1/t12-/m0/s1. The Morgan fingerprint density at radius 1 is 1.44 bits per heavy atom. The minimum absolute atomic E-state index is 0.0722. The molecule has 1 aromatic carbocycles. The van der Waals surface area contributed by atoms with Gasteiger partial charge in [-0.2, -0.15) is 0 Å². The molecule has 1 atom stereocenters. The van der Waals surface area contributed by atoms with Crippen LogP contribution in [0.25, 0.3) is 0 Å². The molecule has 0 aromatic heterocycles. The highest BCUT2D eigenvalue weighted by Crippen LogP contribution is 2.04. The lowest BCUT2D eigenvalue weighted by atomic mass is 10.2. The molecular formula is C13H19N2O3+. The quantitative estimate of drug-likeness (QED) is 0.765. The van der Waals surface area contributed by atoms with E-state index < -0.39 is 0 Å². The zero-order valence-electron chi connectivity index (χ0n) is 10.3. The molecule has 1 aliphatic heterocycles. The van der Waals surface area contributed by atoms with Crippen LogP contribution >= 0.6 is 0 Å². The molecule has 1 aromatic rings. The Labute approximate surface area is 106 Å². The number of hydrogen-bond donors (Lipinski definition) is 2. The first kappa shape index (κ1) is 12.9. The molecule has 0 spiro atoms. The number of nitrogens with zero attached hydrogens (tertiary/aromatic N) is 1. The van der Waals surface area contributed by atoms with Crippen LogP contribution in [0.2, 0.25) is 0 Å². The van der Waals surface area contributed by atoms with Crippen molar-refractivity contribution in [2.45, 2.75) is 12.6 Å². The van der Waals surface area contributed by atoms with E-state index in [-0.39, 0.29) is 18.7 Å². The number of quaternary nitrogens is 1. The fourth-order valence-corrected chi connectivity index (χ4v) is 2.02. The van der Waals surface area contributed by atoms with Crippen molar-refractivity contribution in [3.63, 3.8) is 0 Å². The van der Waals surface area contributed by atoms with Gasteiger partial charge in [0.2, 0.25) is 0 Å². The highest BCUT2D eigenvalue weighted by Gasteiger charge is 2.26. The predicted octanol–water partition coefficient (Wildman–Crippen LogP) is -0.437. The molecule has 1 aliphatic rings. The maximum atomic E-state index is 11.8. The van der Waals surface area contributed by atoms with Crippen LogP contribution in [0.3, 0.4) is 0 Å². The first-order chi connectivity index (χ1) is 8.79. The molecule has 0 aliphatic carbocycles. The third kappa shape index (κ3) is 3.45. The summed E-state index contributed by atoms with van der Waals surface area (Å²) in [6.45, 7) is 2.41. The molecule has 3 N–H and O–H groups in total. The van der Waals surface area contributed by atoms with E-state index in [1.165, 1.54) is 0 Å². The van der Waals surface area contributed by atoms with Gasteiger partial charge in [-0.15, -0.1) is 0 Å². The third-order valence-electron chi connectivity index (χ3n) is 3.05. The van der Waals surface area contributed by atoms with Crippen molar-refractivity contribution in [2.24, 2.45) is 0 Å². The number of ether oxygens (including phenoxy) is 1. The molecule has 0 saturated carbocycles. The molecule has 1 amide bonds. The summed E-state index contributed by atoms with van der Waals surface area (Å²) in [5.41, 5.74) is 0.980. The third-order valence-corrected chi connectivity index (χ3v) is 3.05. The largest absolute Gasteiger partial charge is 0.445 e. The molecule has 5 heteroatoms. The fourth-order valence-electron chi connectivity index (χ4n) is 2.02. The van der Waals surface area contributed by atoms with E-state index in [1.807, 2.05) is 30.3 Å². The molecule has 1 saturated heterocycles. The fraction of sp³-hybridized carbons (Fsp3) is 0.462. The van der Waals surface area contributed by atoms with Gasteiger partial charge in [0, 0.05) is 0 Å². The van der Waals surface area contributed by atoms with Gasteiger partial charge in [-0.25, -0.2) is 4.79 Å². The van der Waals surface area contributed by atoms with Crippen LogP contribution in [-0.2, 0) is 11.3 Å². The normalized spacial score (nSPS) is 19.6. The molecule has 0 radical (unpaired) electrons. The molecule has 0 unspecified atom stereocenters. The number of amides is 1. The van der Waals surface area contributed by atoms with Gasteiger partial charge in [-0.1, -0.05) is 30.3 Å². The predicted molar refractivity (Wildman–Crippen MR) is 65.9 cm³/mol. The second-order valence-electron chi connectivity index (χ2n) is 4.45. The SMILES string of the molecule is O=C(OCc1ccccc1)N1CC[NH2+][C@H](CO)C1. The van der Waals surface area contributed by atoms with Gasteiger partial charge in [-0.3, -0.25) is 4.90 Å². The maximum Gasteiger partial charge on any atom is 0.410 e. The summed E-state index contributed by atoms with van der Waals surface area (Å²) >= 11 is 0. The Morgan fingerprint density at radius 3 is 2.94 bits per heavy atom. The maximum absolute atomic E-state index is 11.8. The van der Waals surface area contributed by atoms with E-state index in [2.05, 4.69) is 5.32 Å². The van der Waals surface area contributed by atoms with Crippen molar-refractivity contribution in [1.82, 2.24) is 4.90 Å². The summed E-state index contributed by atoms with van der Waals surface area (Å²) in [5, 5.41) is 11.1. The number of piperazine rings is 1. The van der Waals surface area contributed by atoms with Crippen molar-refractivity contribution in [2.75, 3.05) is 26.2 Å². The lowest BCUT2D eigenvalue weighted by Gasteiger charge is -2.29. The molecule has 0 bridgehead atoms. The average molecular weight is 251 g/mol. The summed E-state index contributed by atoms with van der Waals surface area (Å²) in [6.07, 6.45) is -0.301. The molecule has 18 heavy (non-hydrogen) atoms. The molecule has 5 nitrogen and oxygen atoms in total. The second kappa shape index (κ2) is 6.37. The number of carbonyl (C=O) groups excluding carboxylic acids is 1. The van der Waals surface area contributed by atoms with Gasteiger partial charge in [0.25, 0.3) is 0 Å². The number of carbonyl (C=O) groups is 1. The van der Waals surface area contributed by atoms with Crippen molar-refractivity contribution in [1.29, 1.82) is 0 Å². The van der Waals surface area contributed by atoms with Crippen LogP contribution in [0.5, 0.6) is 0 Å². The summed E-state index contributed by atoms with van der Waals surface area (Å²) in [4.78, 5) is 13.5. The van der Waals surface area contributed by atoms with E-state index in [4.69, 9.17) is 9.84 Å². The van der Waals surface area contributed by atoms with E-state index in [9.17, 15) is 4.79 Å². The summed E-state index contributed by atoms with van der Waals surface area (Å²) in [5.74, 6) is 0. The van der Waals surface area contributed by atoms with Crippen molar-refractivity contribution >= 4 is 6.09 Å². The number of aliphatic hydroxyl groups excluding tert-OH is 1. The number of rotatable bonds is 3. The zero-order valence-corrected chi connectivity index (χ0v) is 10.3. The summed E-state index contributed by atoms with van der Waals surface area (Å²) in [7, 11) is 0. The molecule has 98 valence electrons. The topological polar surface area (TPSA) is 66.4 Å². The van der Waals surface area contributed by atoms with E-state index in [0.29, 0.717) is 19.7 Å². The van der Waals surface area contributed by atoms with Gasteiger partial charge in [-0.05, 0) is 5.56 Å². The van der Waals surface area contributed by atoms with Gasteiger partial charge in [0.1, 0.15) is 12.6 Å². The second-order valence-corrected chi connectivity index (χ2v) is 4.45. The monoisotopic (exact) mass is 251 g/mol. The average Bonchev–Trinajstić information content (AvgIpc) is 2.46. The number of aliphatic hydroxyl groups is 1.